The van der Waals surface area contributed by atoms with Crippen molar-refractivity contribution in [2.75, 3.05) is 5.06 Å². The topological polar surface area (TPSA) is 23.5 Å². The quantitative estimate of drug-likeness (QED) is 0.725. The van der Waals surface area contributed by atoms with E-state index in [2.05, 4.69) is 6.58 Å². The largest absolute Gasteiger partial charge is 0.288 e. The Bertz CT molecular complexity index is 325. The first kappa shape index (κ1) is 10.8. The van der Waals surface area contributed by atoms with E-state index in [1.54, 1.807) is 6.08 Å². The fourth-order valence-corrected chi connectivity index (χ4v) is 1.21. The van der Waals surface area contributed by atoms with Crippen LogP contribution in [0.3, 0.4) is 0 Å². The third-order valence-electron chi connectivity index (χ3n) is 2.02. The second-order valence-electron chi connectivity index (χ2n) is 4.25. The SMILES string of the molecule is C=Cc1ccccc1N(O)C(C)(C)C. The van der Waals surface area contributed by atoms with Crippen molar-refractivity contribution >= 4 is 11.8 Å². The Hall–Kier alpha value is -1.28. The molecular formula is C12H17NO. The normalized spacial score (nSPS) is 11.1. The van der Waals surface area contributed by atoms with E-state index in [-0.39, 0.29) is 5.54 Å². The minimum Gasteiger partial charge on any atom is -0.288 e. The summed E-state index contributed by atoms with van der Waals surface area (Å²) in [6.45, 7) is 9.57. The van der Waals surface area contributed by atoms with Crippen LogP contribution in [-0.2, 0) is 0 Å². The van der Waals surface area contributed by atoms with Crippen molar-refractivity contribution in [3.63, 3.8) is 0 Å². The van der Waals surface area contributed by atoms with Crippen molar-refractivity contribution in [2.45, 2.75) is 26.3 Å². The van der Waals surface area contributed by atoms with E-state index in [0.717, 1.165) is 11.3 Å². The van der Waals surface area contributed by atoms with Gasteiger partial charge in [-0.2, -0.15) is 0 Å². The predicted octanol–water partition coefficient (Wildman–Crippen LogP) is 3.32. The van der Waals surface area contributed by atoms with Crippen LogP contribution in [0, 0.1) is 0 Å². The van der Waals surface area contributed by atoms with Crippen LogP contribution in [-0.4, -0.2) is 10.7 Å². The number of hydrogen-bond donors (Lipinski definition) is 1. The second kappa shape index (κ2) is 3.84. The zero-order valence-corrected chi connectivity index (χ0v) is 8.99. The fraction of sp³-hybridized carbons (Fsp3) is 0.333. The van der Waals surface area contributed by atoms with Crippen LogP contribution in [0.15, 0.2) is 30.8 Å². The summed E-state index contributed by atoms with van der Waals surface area (Å²) in [6, 6.07) is 7.63. The summed E-state index contributed by atoms with van der Waals surface area (Å²) >= 11 is 0. The average molecular weight is 191 g/mol. The Balaban J connectivity index is 3.12. The molecule has 0 amide bonds. The van der Waals surface area contributed by atoms with Gasteiger partial charge in [0.05, 0.1) is 11.2 Å². The number of hydrogen-bond acceptors (Lipinski definition) is 2. The molecule has 0 aliphatic rings. The van der Waals surface area contributed by atoms with E-state index in [4.69, 9.17) is 0 Å². The van der Waals surface area contributed by atoms with Crippen LogP contribution in [0.4, 0.5) is 5.69 Å². The molecule has 0 saturated carbocycles. The highest BCUT2D eigenvalue weighted by molar-refractivity contribution is 5.66. The number of benzene rings is 1. The molecule has 0 atom stereocenters. The lowest BCUT2D eigenvalue weighted by Gasteiger charge is -2.32. The molecule has 1 aromatic rings. The molecule has 2 nitrogen and oxygen atoms in total. The molecule has 0 bridgehead atoms. The molecule has 0 spiro atoms. The van der Waals surface area contributed by atoms with Gasteiger partial charge in [-0.05, 0) is 32.4 Å². The number of nitrogens with zero attached hydrogens (tertiary/aromatic N) is 1. The predicted molar refractivity (Wildman–Crippen MR) is 60.6 cm³/mol. The van der Waals surface area contributed by atoms with Gasteiger partial charge in [0.25, 0.3) is 0 Å². The van der Waals surface area contributed by atoms with Gasteiger partial charge in [0.2, 0.25) is 0 Å². The van der Waals surface area contributed by atoms with Gasteiger partial charge in [-0.25, -0.2) is 0 Å². The molecule has 1 rings (SSSR count). The fourth-order valence-electron chi connectivity index (χ4n) is 1.21. The van der Waals surface area contributed by atoms with Crippen molar-refractivity contribution in [1.82, 2.24) is 0 Å². The summed E-state index contributed by atoms with van der Waals surface area (Å²) in [5, 5.41) is 11.2. The van der Waals surface area contributed by atoms with Gasteiger partial charge >= 0.3 is 0 Å². The highest BCUT2D eigenvalue weighted by Crippen LogP contribution is 2.25. The second-order valence-corrected chi connectivity index (χ2v) is 4.25. The van der Waals surface area contributed by atoms with Gasteiger partial charge in [0, 0.05) is 0 Å². The summed E-state index contributed by atoms with van der Waals surface area (Å²) < 4.78 is 0. The number of anilines is 1. The monoisotopic (exact) mass is 191 g/mol. The zero-order valence-electron chi connectivity index (χ0n) is 8.99. The molecule has 0 radical (unpaired) electrons. The molecule has 1 N–H and O–H groups in total. The van der Waals surface area contributed by atoms with Gasteiger partial charge in [0.1, 0.15) is 0 Å². The maximum atomic E-state index is 9.95. The molecule has 1 aromatic carbocycles. The zero-order chi connectivity index (χ0) is 10.8. The average Bonchev–Trinajstić information content (AvgIpc) is 2.15. The van der Waals surface area contributed by atoms with Crippen molar-refractivity contribution in [2.24, 2.45) is 0 Å². The van der Waals surface area contributed by atoms with Crippen LogP contribution < -0.4 is 5.06 Å². The summed E-state index contributed by atoms with van der Waals surface area (Å²) in [5.41, 5.74) is 1.42. The summed E-state index contributed by atoms with van der Waals surface area (Å²) in [5.74, 6) is 0. The van der Waals surface area contributed by atoms with E-state index in [0.29, 0.717) is 0 Å². The van der Waals surface area contributed by atoms with Gasteiger partial charge < -0.3 is 0 Å². The first-order valence-electron chi connectivity index (χ1n) is 4.67. The lowest BCUT2D eigenvalue weighted by molar-refractivity contribution is 0.181. The highest BCUT2D eigenvalue weighted by Gasteiger charge is 2.20. The molecule has 0 fully saturated rings. The van der Waals surface area contributed by atoms with Crippen molar-refractivity contribution in [1.29, 1.82) is 0 Å². The van der Waals surface area contributed by atoms with Crippen molar-refractivity contribution < 1.29 is 5.21 Å². The Kier molecular flexibility index (Phi) is 2.96. The Labute approximate surface area is 85.4 Å². The van der Waals surface area contributed by atoms with Crippen LogP contribution in [0.2, 0.25) is 0 Å². The lowest BCUT2D eigenvalue weighted by atomic mass is 10.1. The summed E-state index contributed by atoms with van der Waals surface area (Å²) in [4.78, 5) is 0. The van der Waals surface area contributed by atoms with E-state index in [1.165, 1.54) is 5.06 Å². The maximum Gasteiger partial charge on any atom is 0.0712 e. The van der Waals surface area contributed by atoms with Gasteiger partial charge in [0.15, 0.2) is 0 Å². The standard InChI is InChI=1S/C12H17NO/c1-5-10-8-6-7-9-11(10)13(14)12(2,3)4/h5-9,14H,1H2,2-4H3. The third kappa shape index (κ3) is 2.15. The number of hydroxylamine groups is 1. The molecule has 0 saturated heterocycles. The molecule has 0 aliphatic carbocycles. The first-order valence-corrected chi connectivity index (χ1v) is 4.67. The molecular weight excluding hydrogens is 174 g/mol. The maximum absolute atomic E-state index is 9.95. The third-order valence-corrected chi connectivity index (χ3v) is 2.02. The Morgan fingerprint density at radius 3 is 2.36 bits per heavy atom. The van der Waals surface area contributed by atoms with E-state index >= 15 is 0 Å². The lowest BCUT2D eigenvalue weighted by Crippen LogP contribution is -2.39. The van der Waals surface area contributed by atoms with Crippen molar-refractivity contribution in [3.8, 4) is 0 Å². The van der Waals surface area contributed by atoms with E-state index in [1.807, 2.05) is 45.0 Å². The molecule has 0 aliphatic heterocycles. The first-order chi connectivity index (χ1) is 6.46. The summed E-state index contributed by atoms with van der Waals surface area (Å²) in [7, 11) is 0. The Morgan fingerprint density at radius 1 is 1.29 bits per heavy atom. The Morgan fingerprint density at radius 2 is 1.86 bits per heavy atom. The van der Waals surface area contributed by atoms with Crippen molar-refractivity contribution in [3.05, 3.63) is 36.4 Å². The minimum atomic E-state index is -0.306. The van der Waals surface area contributed by atoms with Gasteiger partial charge in [-0.3, -0.25) is 10.3 Å². The van der Waals surface area contributed by atoms with Crippen LogP contribution in [0.1, 0.15) is 26.3 Å². The summed E-state index contributed by atoms with van der Waals surface area (Å²) in [6.07, 6.45) is 1.74. The van der Waals surface area contributed by atoms with Crippen LogP contribution in [0.25, 0.3) is 6.08 Å². The molecule has 14 heavy (non-hydrogen) atoms. The number of rotatable bonds is 2. The molecule has 0 aromatic heterocycles. The molecule has 0 heterocycles. The smallest absolute Gasteiger partial charge is 0.0712 e. The van der Waals surface area contributed by atoms with Gasteiger partial charge in [-0.1, -0.05) is 30.9 Å². The highest BCUT2D eigenvalue weighted by atomic mass is 16.5. The molecule has 76 valence electrons. The van der Waals surface area contributed by atoms with E-state index < -0.39 is 0 Å². The number of para-hydroxylation sites is 1. The minimum absolute atomic E-state index is 0.306. The van der Waals surface area contributed by atoms with E-state index in [9.17, 15) is 5.21 Å². The molecule has 0 unspecified atom stereocenters. The van der Waals surface area contributed by atoms with Crippen LogP contribution in [0.5, 0.6) is 0 Å². The van der Waals surface area contributed by atoms with Gasteiger partial charge in [-0.15, -0.1) is 0 Å². The van der Waals surface area contributed by atoms with Crippen LogP contribution >= 0.6 is 0 Å². The molecule has 2 heteroatoms.